The average Bonchev–Trinajstić information content (AvgIpc) is 3.16. The Kier molecular flexibility index (Phi) is 3.15. The van der Waals surface area contributed by atoms with Crippen molar-refractivity contribution in [3.63, 3.8) is 0 Å². The molecule has 2 heterocycles. The van der Waals surface area contributed by atoms with Crippen molar-refractivity contribution in [3.05, 3.63) is 65.5 Å². The fourth-order valence-corrected chi connectivity index (χ4v) is 2.98. The largest absolute Gasteiger partial charge is 0.363 e. The van der Waals surface area contributed by atoms with E-state index >= 15 is 0 Å². The molecule has 0 unspecified atom stereocenters. The number of rotatable bonds is 3. The molecule has 1 aliphatic rings. The van der Waals surface area contributed by atoms with Gasteiger partial charge in [-0.25, -0.2) is 0 Å². The molecule has 4 rings (SSSR count). The molecule has 0 radical (unpaired) electrons. The monoisotopic (exact) mass is 291 g/mol. The van der Waals surface area contributed by atoms with Gasteiger partial charge in [-0.15, -0.1) is 0 Å². The summed E-state index contributed by atoms with van der Waals surface area (Å²) in [6.45, 7) is 3.75. The van der Waals surface area contributed by atoms with Crippen molar-refractivity contribution in [1.82, 2.24) is 10.1 Å². The first-order valence-corrected chi connectivity index (χ1v) is 7.53. The highest BCUT2D eigenvalue weighted by molar-refractivity contribution is 5.59. The van der Waals surface area contributed by atoms with Crippen LogP contribution in [0, 0.1) is 6.92 Å². The summed E-state index contributed by atoms with van der Waals surface area (Å²) in [6.07, 6.45) is 1.08. The first-order chi connectivity index (χ1) is 10.8. The maximum Gasteiger partial charge on any atom is 0.258 e. The van der Waals surface area contributed by atoms with Gasteiger partial charge in [0, 0.05) is 17.8 Å². The summed E-state index contributed by atoms with van der Waals surface area (Å²) in [5, 5.41) is 4.14. The molecule has 22 heavy (non-hydrogen) atoms. The van der Waals surface area contributed by atoms with Crippen molar-refractivity contribution >= 4 is 5.69 Å². The van der Waals surface area contributed by atoms with Crippen LogP contribution in [-0.2, 0) is 13.0 Å². The van der Waals surface area contributed by atoms with E-state index in [1.807, 2.05) is 18.2 Å². The molecule has 0 atom stereocenters. The standard InChI is InChI=1S/C18H17N3O/c1-13-6-2-4-8-15(13)18-19-17(20-22-18)12-21-11-10-14-7-3-5-9-16(14)21/h2-9H,10-12H2,1H3. The highest BCUT2D eigenvalue weighted by atomic mass is 16.5. The molecule has 2 aromatic carbocycles. The van der Waals surface area contributed by atoms with Crippen molar-refractivity contribution in [1.29, 1.82) is 0 Å². The maximum absolute atomic E-state index is 5.44. The second kappa shape index (κ2) is 5.30. The third kappa shape index (κ3) is 2.26. The molecule has 4 heteroatoms. The van der Waals surface area contributed by atoms with Gasteiger partial charge >= 0.3 is 0 Å². The third-order valence-electron chi connectivity index (χ3n) is 4.16. The van der Waals surface area contributed by atoms with Gasteiger partial charge in [-0.1, -0.05) is 41.6 Å². The Bertz CT molecular complexity index is 809. The van der Waals surface area contributed by atoms with E-state index in [2.05, 4.69) is 52.3 Å². The second-order valence-corrected chi connectivity index (χ2v) is 5.63. The SMILES string of the molecule is Cc1ccccc1-c1nc(CN2CCc3ccccc32)no1. The van der Waals surface area contributed by atoms with Crippen LogP contribution in [0.2, 0.25) is 0 Å². The van der Waals surface area contributed by atoms with Crippen LogP contribution < -0.4 is 4.90 Å². The van der Waals surface area contributed by atoms with E-state index in [-0.39, 0.29) is 0 Å². The molecule has 0 spiro atoms. The fraction of sp³-hybridized carbons (Fsp3) is 0.222. The van der Waals surface area contributed by atoms with Crippen LogP contribution in [0.15, 0.2) is 53.1 Å². The molecule has 3 aromatic rings. The summed E-state index contributed by atoms with van der Waals surface area (Å²) in [6, 6.07) is 16.6. The number of anilines is 1. The summed E-state index contributed by atoms with van der Waals surface area (Å²) in [7, 11) is 0. The van der Waals surface area contributed by atoms with Crippen LogP contribution in [-0.4, -0.2) is 16.7 Å². The zero-order valence-corrected chi connectivity index (χ0v) is 12.5. The second-order valence-electron chi connectivity index (χ2n) is 5.63. The van der Waals surface area contributed by atoms with Crippen molar-refractivity contribution < 1.29 is 4.52 Å². The predicted octanol–water partition coefficient (Wildman–Crippen LogP) is 3.61. The lowest BCUT2D eigenvalue weighted by Gasteiger charge is -2.16. The molecular weight excluding hydrogens is 274 g/mol. The minimum Gasteiger partial charge on any atom is -0.363 e. The van der Waals surface area contributed by atoms with Gasteiger partial charge in [-0.3, -0.25) is 0 Å². The van der Waals surface area contributed by atoms with E-state index in [1.165, 1.54) is 11.3 Å². The molecular formula is C18H17N3O. The number of aromatic nitrogens is 2. The normalized spacial score (nSPS) is 13.4. The number of para-hydroxylation sites is 1. The number of benzene rings is 2. The molecule has 1 aromatic heterocycles. The van der Waals surface area contributed by atoms with Crippen LogP contribution in [0.3, 0.4) is 0 Å². The van der Waals surface area contributed by atoms with Gasteiger partial charge in [-0.05, 0) is 36.6 Å². The van der Waals surface area contributed by atoms with Crippen molar-refractivity contribution in [2.45, 2.75) is 19.9 Å². The van der Waals surface area contributed by atoms with Gasteiger partial charge in [0.15, 0.2) is 5.82 Å². The van der Waals surface area contributed by atoms with E-state index in [0.29, 0.717) is 12.4 Å². The Morgan fingerprint density at radius 3 is 2.82 bits per heavy atom. The van der Waals surface area contributed by atoms with Crippen molar-refractivity contribution in [3.8, 4) is 11.5 Å². The van der Waals surface area contributed by atoms with E-state index < -0.39 is 0 Å². The Hall–Kier alpha value is -2.62. The zero-order valence-electron chi connectivity index (χ0n) is 12.5. The van der Waals surface area contributed by atoms with Crippen molar-refractivity contribution in [2.75, 3.05) is 11.4 Å². The lowest BCUT2D eigenvalue weighted by molar-refractivity contribution is 0.422. The Morgan fingerprint density at radius 2 is 1.91 bits per heavy atom. The number of hydrogen-bond donors (Lipinski definition) is 0. The van der Waals surface area contributed by atoms with Gasteiger partial charge < -0.3 is 9.42 Å². The van der Waals surface area contributed by atoms with Crippen LogP contribution in [0.5, 0.6) is 0 Å². The summed E-state index contributed by atoms with van der Waals surface area (Å²) in [5.74, 6) is 1.33. The minimum atomic E-state index is 0.598. The molecule has 0 saturated carbocycles. The lowest BCUT2D eigenvalue weighted by Crippen LogP contribution is -2.20. The van der Waals surface area contributed by atoms with Crippen LogP contribution >= 0.6 is 0 Å². The van der Waals surface area contributed by atoms with Gasteiger partial charge in [-0.2, -0.15) is 4.98 Å². The molecule has 4 nitrogen and oxygen atoms in total. The first kappa shape index (κ1) is 13.1. The Labute approximate surface area is 129 Å². The van der Waals surface area contributed by atoms with E-state index in [0.717, 1.165) is 29.9 Å². The Morgan fingerprint density at radius 1 is 1.09 bits per heavy atom. The summed E-state index contributed by atoms with van der Waals surface area (Å²) in [4.78, 5) is 6.87. The topological polar surface area (TPSA) is 42.2 Å². The van der Waals surface area contributed by atoms with E-state index in [9.17, 15) is 0 Å². The summed E-state index contributed by atoms with van der Waals surface area (Å²) < 4.78 is 5.44. The quantitative estimate of drug-likeness (QED) is 0.739. The molecule has 110 valence electrons. The third-order valence-corrected chi connectivity index (χ3v) is 4.16. The van der Waals surface area contributed by atoms with Crippen molar-refractivity contribution in [2.24, 2.45) is 0 Å². The smallest absolute Gasteiger partial charge is 0.258 e. The highest BCUT2D eigenvalue weighted by Gasteiger charge is 2.20. The lowest BCUT2D eigenvalue weighted by atomic mass is 10.1. The maximum atomic E-state index is 5.44. The van der Waals surface area contributed by atoms with Gasteiger partial charge in [0.2, 0.25) is 0 Å². The number of fused-ring (bicyclic) bond motifs is 1. The molecule has 0 fully saturated rings. The van der Waals surface area contributed by atoms with E-state index in [4.69, 9.17) is 4.52 Å². The summed E-state index contributed by atoms with van der Waals surface area (Å²) in [5.41, 5.74) is 4.82. The van der Waals surface area contributed by atoms with Gasteiger partial charge in [0.25, 0.3) is 5.89 Å². The highest BCUT2D eigenvalue weighted by Crippen LogP contribution is 2.29. The van der Waals surface area contributed by atoms with Crippen LogP contribution in [0.25, 0.3) is 11.5 Å². The number of hydrogen-bond acceptors (Lipinski definition) is 4. The molecule has 0 N–H and O–H groups in total. The van der Waals surface area contributed by atoms with Gasteiger partial charge in [0.05, 0.1) is 6.54 Å². The molecule has 0 aliphatic carbocycles. The van der Waals surface area contributed by atoms with E-state index in [1.54, 1.807) is 0 Å². The molecule has 0 saturated heterocycles. The number of nitrogens with zero attached hydrogens (tertiary/aromatic N) is 3. The zero-order chi connectivity index (χ0) is 14.9. The average molecular weight is 291 g/mol. The first-order valence-electron chi connectivity index (χ1n) is 7.53. The summed E-state index contributed by atoms with van der Waals surface area (Å²) >= 11 is 0. The van der Waals surface area contributed by atoms with Crippen LogP contribution in [0.1, 0.15) is 17.0 Å². The van der Waals surface area contributed by atoms with Gasteiger partial charge in [0.1, 0.15) is 0 Å². The number of aryl methyl sites for hydroxylation is 1. The predicted molar refractivity (Wildman–Crippen MR) is 85.7 cm³/mol. The molecule has 0 amide bonds. The van der Waals surface area contributed by atoms with Crippen LogP contribution in [0.4, 0.5) is 5.69 Å². The molecule has 0 bridgehead atoms. The molecule has 1 aliphatic heterocycles. The fourth-order valence-electron chi connectivity index (χ4n) is 2.98. The minimum absolute atomic E-state index is 0.598. The Balaban J connectivity index is 1.58.